The molecule has 174 valence electrons. The lowest BCUT2D eigenvalue weighted by molar-refractivity contribution is 0.157. The number of rotatable bonds is 4. The molecular weight excluding hydrogens is 444 g/mol. The van der Waals surface area contributed by atoms with Crippen LogP contribution in [-0.2, 0) is 0 Å². The summed E-state index contributed by atoms with van der Waals surface area (Å²) < 4.78 is 16.9. The Morgan fingerprint density at radius 1 is 0.941 bits per heavy atom. The van der Waals surface area contributed by atoms with E-state index in [0.717, 1.165) is 6.07 Å². The van der Waals surface area contributed by atoms with Crippen molar-refractivity contribution in [3.63, 3.8) is 0 Å². The van der Waals surface area contributed by atoms with Crippen molar-refractivity contribution in [2.75, 3.05) is 13.7 Å². The molecule has 0 unspecified atom stereocenters. The van der Waals surface area contributed by atoms with E-state index in [-0.39, 0.29) is 52.1 Å². The summed E-state index contributed by atoms with van der Waals surface area (Å²) in [5.74, 6) is -1.02. The van der Waals surface area contributed by atoms with Gasteiger partial charge >= 0.3 is 0 Å². The van der Waals surface area contributed by atoms with Gasteiger partial charge in [-0.2, -0.15) is 0 Å². The minimum atomic E-state index is -0.673. The van der Waals surface area contributed by atoms with Gasteiger partial charge < -0.3 is 39.4 Å². The van der Waals surface area contributed by atoms with Gasteiger partial charge in [0.1, 0.15) is 34.3 Å². The molecule has 0 saturated carbocycles. The van der Waals surface area contributed by atoms with Crippen LogP contribution in [0.5, 0.6) is 34.5 Å². The predicted octanol–water partition coefficient (Wildman–Crippen LogP) is 3.50. The van der Waals surface area contributed by atoms with E-state index in [0.29, 0.717) is 16.7 Å². The average molecular weight is 464 g/mol. The van der Waals surface area contributed by atoms with E-state index in [1.54, 1.807) is 18.2 Å². The highest BCUT2D eigenvalue weighted by molar-refractivity contribution is 5.86. The number of aliphatic hydroxyl groups excluding tert-OH is 1. The minimum absolute atomic E-state index is 0.0241. The summed E-state index contributed by atoms with van der Waals surface area (Å²) in [6.07, 6.45) is -0.673. The van der Waals surface area contributed by atoms with Crippen LogP contribution >= 0.6 is 0 Å². The average Bonchev–Trinajstić information content (AvgIpc) is 3.17. The largest absolute Gasteiger partial charge is 0.508 e. The van der Waals surface area contributed by atoms with Crippen molar-refractivity contribution in [3.8, 4) is 45.8 Å². The minimum Gasteiger partial charge on any atom is -0.508 e. The molecule has 2 heterocycles. The van der Waals surface area contributed by atoms with Crippen LogP contribution in [0.15, 0.2) is 57.7 Å². The van der Waals surface area contributed by atoms with Gasteiger partial charge in [0.05, 0.1) is 19.6 Å². The lowest BCUT2D eigenvalue weighted by Gasteiger charge is -2.18. The molecule has 0 amide bonds. The number of aromatic hydroxyl groups is 4. The highest BCUT2D eigenvalue weighted by Crippen LogP contribution is 2.52. The second-order valence-corrected chi connectivity index (χ2v) is 7.99. The molecule has 0 spiro atoms. The summed E-state index contributed by atoms with van der Waals surface area (Å²) >= 11 is 0. The van der Waals surface area contributed by atoms with Gasteiger partial charge in [0.25, 0.3) is 0 Å². The Morgan fingerprint density at radius 3 is 2.47 bits per heavy atom. The molecule has 5 N–H and O–H groups in total. The van der Waals surface area contributed by atoms with Crippen LogP contribution in [0.2, 0.25) is 0 Å². The Balaban J connectivity index is 1.61. The second-order valence-electron chi connectivity index (χ2n) is 7.99. The Labute approximate surface area is 192 Å². The third-order valence-electron chi connectivity index (χ3n) is 5.92. The first-order valence-electron chi connectivity index (χ1n) is 10.3. The van der Waals surface area contributed by atoms with Gasteiger partial charge in [-0.25, -0.2) is 0 Å². The van der Waals surface area contributed by atoms with Crippen LogP contribution in [0, 0.1) is 0 Å². The highest BCUT2D eigenvalue weighted by Gasteiger charge is 2.38. The Bertz CT molecular complexity index is 1490. The molecule has 0 radical (unpaired) electrons. The van der Waals surface area contributed by atoms with Crippen molar-refractivity contribution in [2.24, 2.45) is 0 Å². The van der Waals surface area contributed by atoms with Crippen LogP contribution < -0.4 is 14.9 Å². The number of hydrogen-bond acceptors (Lipinski definition) is 9. The molecule has 0 aliphatic carbocycles. The quantitative estimate of drug-likeness (QED) is 0.306. The molecule has 0 bridgehead atoms. The maximum atomic E-state index is 12.6. The number of aliphatic hydroxyl groups is 1. The van der Waals surface area contributed by atoms with Crippen LogP contribution in [0.3, 0.4) is 0 Å². The van der Waals surface area contributed by atoms with Crippen molar-refractivity contribution in [2.45, 2.75) is 12.0 Å². The van der Waals surface area contributed by atoms with E-state index in [1.165, 1.54) is 31.4 Å². The van der Waals surface area contributed by atoms with Crippen LogP contribution in [0.25, 0.3) is 22.3 Å². The molecule has 0 fully saturated rings. The lowest BCUT2D eigenvalue weighted by atomic mass is 9.90. The number of benzene rings is 3. The van der Waals surface area contributed by atoms with Gasteiger partial charge in [-0.05, 0) is 29.8 Å². The Morgan fingerprint density at radius 2 is 1.74 bits per heavy atom. The summed E-state index contributed by atoms with van der Waals surface area (Å²) in [5.41, 5.74) is 0.899. The fourth-order valence-corrected chi connectivity index (χ4v) is 4.32. The molecule has 1 aliphatic heterocycles. The fourth-order valence-electron chi connectivity index (χ4n) is 4.32. The molecule has 4 aromatic rings. The number of ether oxygens (including phenoxy) is 2. The summed E-state index contributed by atoms with van der Waals surface area (Å²) in [6, 6.07) is 11.1. The van der Waals surface area contributed by atoms with E-state index < -0.39 is 23.2 Å². The zero-order valence-corrected chi connectivity index (χ0v) is 17.8. The molecule has 9 heteroatoms. The molecule has 2 atom stereocenters. The van der Waals surface area contributed by atoms with Gasteiger partial charge in [0, 0.05) is 29.3 Å². The first kappa shape index (κ1) is 21.5. The first-order valence-corrected chi connectivity index (χ1v) is 10.3. The summed E-state index contributed by atoms with van der Waals surface area (Å²) in [6.45, 7) is -0.312. The molecular formula is C25H20O9. The number of phenolic OH excluding ortho intramolecular Hbond substituents is 4. The third-order valence-corrected chi connectivity index (χ3v) is 5.92. The molecule has 1 aromatic heterocycles. The van der Waals surface area contributed by atoms with Gasteiger partial charge in [0.15, 0.2) is 28.4 Å². The molecule has 34 heavy (non-hydrogen) atoms. The first-order chi connectivity index (χ1) is 16.3. The molecule has 3 aromatic carbocycles. The maximum Gasteiger partial charge on any atom is 0.197 e. The fraction of sp³-hybridized carbons (Fsp3) is 0.160. The normalized spacial score (nSPS) is 16.9. The van der Waals surface area contributed by atoms with Crippen LogP contribution in [0.4, 0.5) is 0 Å². The van der Waals surface area contributed by atoms with Crippen molar-refractivity contribution in [1.82, 2.24) is 0 Å². The Hall–Kier alpha value is -4.37. The standard InChI is InChI=1S/C25H20O9/c1-32-21-6-11(2-3-16(21)28)24-15(10-26)14-4-12(5-19(31)25(14)34-24)20-9-18(30)23-17(29)7-13(27)8-22(23)33-20/h2-9,15,24,26-29,31H,10H2,1H3/t15-,24+/m0/s1. The highest BCUT2D eigenvalue weighted by atomic mass is 16.5. The van der Waals surface area contributed by atoms with E-state index in [2.05, 4.69) is 0 Å². The summed E-state index contributed by atoms with van der Waals surface area (Å²) in [7, 11) is 1.42. The van der Waals surface area contributed by atoms with Gasteiger partial charge in [-0.15, -0.1) is 0 Å². The van der Waals surface area contributed by atoms with Gasteiger partial charge in [-0.1, -0.05) is 6.07 Å². The van der Waals surface area contributed by atoms with Gasteiger partial charge in [0.2, 0.25) is 0 Å². The summed E-state index contributed by atoms with van der Waals surface area (Å²) in [5, 5.41) is 50.4. The lowest BCUT2D eigenvalue weighted by Crippen LogP contribution is -2.13. The predicted molar refractivity (Wildman–Crippen MR) is 121 cm³/mol. The maximum absolute atomic E-state index is 12.6. The number of hydrogen-bond donors (Lipinski definition) is 5. The number of phenols is 4. The van der Waals surface area contributed by atoms with Crippen molar-refractivity contribution in [1.29, 1.82) is 0 Å². The van der Waals surface area contributed by atoms with Crippen molar-refractivity contribution >= 4 is 11.0 Å². The van der Waals surface area contributed by atoms with Crippen molar-refractivity contribution < 1.29 is 39.4 Å². The number of fused-ring (bicyclic) bond motifs is 2. The molecule has 9 nitrogen and oxygen atoms in total. The molecule has 1 aliphatic rings. The zero-order valence-electron chi connectivity index (χ0n) is 17.8. The van der Waals surface area contributed by atoms with E-state index in [1.807, 2.05) is 0 Å². The van der Waals surface area contributed by atoms with Crippen LogP contribution in [-0.4, -0.2) is 39.2 Å². The monoisotopic (exact) mass is 464 g/mol. The Kier molecular flexibility index (Phi) is 4.98. The third kappa shape index (κ3) is 3.34. The molecule has 5 rings (SSSR count). The zero-order chi connectivity index (χ0) is 24.1. The summed E-state index contributed by atoms with van der Waals surface area (Å²) in [4.78, 5) is 12.6. The topological polar surface area (TPSA) is 150 Å². The second kappa shape index (κ2) is 7.89. The van der Waals surface area contributed by atoms with Crippen LogP contribution in [0.1, 0.15) is 23.1 Å². The van der Waals surface area contributed by atoms with E-state index in [4.69, 9.17) is 13.9 Å². The smallest absolute Gasteiger partial charge is 0.197 e. The van der Waals surface area contributed by atoms with E-state index in [9.17, 15) is 30.3 Å². The molecule has 0 saturated heterocycles. The van der Waals surface area contributed by atoms with Crippen molar-refractivity contribution in [3.05, 3.63) is 69.9 Å². The number of methoxy groups -OCH3 is 1. The van der Waals surface area contributed by atoms with Gasteiger partial charge in [-0.3, -0.25) is 4.79 Å². The SMILES string of the molecule is COc1cc([C@H]2Oc3c(O)cc(-c4cc(=O)c5c(O)cc(O)cc5o4)cc3[C@@H]2CO)ccc1O. The van der Waals surface area contributed by atoms with E-state index >= 15 is 0 Å².